The number of carbonyl (C=O) groups excluding carboxylic acids is 1. The van der Waals surface area contributed by atoms with E-state index in [2.05, 4.69) is 31.2 Å². The third-order valence-corrected chi connectivity index (χ3v) is 7.35. The fraction of sp³-hybridized carbons (Fsp3) is 0.435. The van der Waals surface area contributed by atoms with Crippen LogP contribution in [0.1, 0.15) is 36.8 Å². The summed E-state index contributed by atoms with van der Waals surface area (Å²) in [6.07, 6.45) is 4.29. The van der Waals surface area contributed by atoms with Crippen molar-refractivity contribution in [1.29, 1.82) is 0 Å². The van der Waals surface area contributed by atoms with Crippen LogP contribution in [0.2, 0.25) is 0 Å². The summed E-state index contributed by atoms with van der Waals surface area (Å²) in [4.78, 5) is 14.6. The number of nitrogens with zero attached hydrogens (tertiary/aromatic N) is 1. The van der Waals surface area contributed by atoms with Crippen molar-refractivity contribution < 1.29 is 13.2 Å². The molecule has 0 unspecified atom stereocenters. The summed E-state index contributed by atoms with van der Waals surface area (Å²) >= 11 is 0. The second kappa shape index (κ2) is 9.37. The molecule has 150 valence electrons. The minimum absolute atomic E-state index is 0.0449. The van der Waals surface area contributed by atoms with Gasteiger partial charge >= 0.3 is 0 Å². The van der Waals surface area contributed by atoms with Crippen LogP contribution in [0.4, 0.5) is 0 Å². The number of hydrogen-bond donors (Lipinski definition) is 0. The third-order valence-electron chi connectivity index (χ3n) is 5.62. The van der Waals surface area contributed by atoms with Gasteiger partial charge in [-0.15, -0.1) is 0 Å². The van der Waals surface area contributed by atoms with Crippen molar-refractivity contribution >= 4 is 15.7 Å². The third kappa shape index (κ3) is 5.68. The number of sulfone groups is 1. The molecule has 2 aromatic rings. The maximum absolute atomic E-state index is 12.5. The summed E-state index contributed by atoms with van der Waals surface area (Å²) in [6.45, 7) is 3.58. The Morgan fingerprint density at radius 3 is 2.29 bits per heavy atom. The van der Waals surface area contributed by atoms with Crippen LogP contribution in [0.3, 0.4) is 0 Å². The van der Waals surface area contributed by atoms with Crippen LogP contribution < -0.4 is 0 Å². The van der Waals surface area contributed by atoms with Crippen LogP contribution in [0.15, 0.2) is 59.5 Å². The van der Waals surface area contributed by atoms with Crippen molar-refractivity contribution in [3.63, 3.8) is 0 Å². The fourth-order valence-electron chi connectivity index (χ4n) is 3.72. The number of carbonyl (C=O) groups is 1. The molecule has 1 amide bonds. The average Bonchev–Trinajstić information content (AvgIpc) is 2.73. The van der Waals surface area contributed by atoms with E-state index in [1.165, 1.54) is 11.1 Å². The zero-order valence-corrected chi connectivity index (χ0v) is 17.3. The van der Waals surface area contributed by atoms with E-state index in [9.17, 15) is 13.2 Å². The molecule has 0 N–H and O–H groups in total. The van der Waals surface area contributed by atoms with Gasteiger partial charge in [0.1, 0.15) is 0 Å². The zero-order chi connectivity index (χ0) is 20.0. The van der Waals surface area contributed by atoms with Crippen LogP contribution in [0.25, 0.3) is 0 Å². The normalized spacial score (nSPS) is 15.5. The van der Waals surface area contributed by atoms with Gasteiger partial charge in [0.05, 0.1) is 10.6 Å². The summed E-state index contributed by atoms with van der Waals surface area (Å²) in [5.74, 6) is 0.471. The highest BCUT2D eigenvalue weighted by Gasteiger charge is 2.24. The molecule has 28 heavy (non-hydrogen) atoms. The molecule has 0 aliphatic carbocycles. The number of amides is 1. The first-order valence-electron chi connectivity index (χ1n) is 10.1. The van der Waals surface area contributed by atoms with E-state index >= 15 is 0 Å². The Kier molecular flexibility index (Phi) is 6.89. The minimum Gasteiger partial charge on any atom is -0.343 e. The summed E-state index contributed by atoms with van der Waals surface area (Å²) in [6, 6.07) is 17.1. The van der Waals surface area contributed by atoms with E-state index < -0.39 is 9.84 Å². The number of hydrogen-bond acceptors (Lipinski definition) is 3. The van der Waals surface area contributed by atoms with Crippen molar-refractivity contribution in [3.05, 3.63) is 65.7 Å². The topological polar surface area (TPSA) is 54.5 Å². The first kappa shape index (κ1) is 20.6. The lowest BCUT2D eigenvalue weighted by Gasteiger charge is -2.32. The molecule has 0 bridgehead atoms. The maximum Gasteiger partial charge on any atom is 0.223 e. The van der Waals surface area contributed by atoms with Gasteiger partial charge in [-0.2, -0.15) is 0 Å². The Hall–Kier alpha value is -2.14. The largest absolute Gasteiger partial charge is 0.343 e. The average molecular weight is 400 g/mol. The summed E-state index contributed by atoms with van der Waals surface area (Å²) in [7, 11) is -3.39. The van der Waals surface area contributed by atoms with Crippen LogP contribution in [0, 0.1) is 12.8 Å². The molecule has 1 aliphatic rings. The molecule has 1 aliphatic heterocycles. The SMILES string of the molecule is Cc1ccc(CCC2CCN(C(=O)CCS(=O)(=O)c3ccccc3)CC2)cc1. The standard InChI is InChI=1S/C23H29NO3S/c1-19-7-9-20(10-8-19)11-12-21-13-16-24(17-14-21)23(25)15-18-28(26,27)22-5-3-2-4-6-22/h2-10,21H,11-18H2,1H3. The lowest BCUT2D eigenvalue weighted by molar-refractivity contribution is -0.132. The summed E-state index contributed by atoms with van der Waals surface area (Å²) in [5.41, 5.74) is 2.65. The highest BCUT2D eigenvalue weighted by molar-refractivity contribution is 7.91. The lowest BCUT2D eigenvalue weighted by atomic mass is 9.90. The first-order valence-corrected chi connectivity index (χ1v) is 11.7. The van der Waals surface area contributed by atoms with Gasteiger partial charge in [-0.3, -0.25) is 4.79 Å². The predicted molar refractivity (Wildman–Crippen MR) is 112 cm³/mol. The highest BCUT2D eigenvalue weighted by atomic mass is 32.2. The molecule has 0 saturated carbocycles. The van der Waals surface area contributed by atoms with Gasteiger partial charge in [-0.25, -0.2) is 8.42 Å². The van der Waals surface area contributed by atoms with Crippen molar-refractivity contribution in [2.24, 2.45) is 5.92 Å². The molecule has 1 saturated heterocycles. The molecular formula is C23H29NO3S. The summed E-state index contributed by atoms with van der Waals surface area (Å²) < 4.78 is 24.7. The molecular weight excluding hydrogens is 370 g/mol. The molecule has 1 fully saturated rings. The van der Waals surface area contributed by atoms with Crippen LogP contribution in [-0.2, 0) is 21.1 Å². The number of aryl methyl sites for hydroxylation is 2. The Bertz CT molecular complexity index is 868. The van der Waals surface area contributed by atoms with E-state index in [1.807, 2.05) is 4.90 Å². The van der Waals surface area contributed by atoms with Crippen LogP contribution in [0.5, 0.6) is 0 Å². The van der Waals surface area contributed by atoms with Crippen molar-refractivity contribution in [2.75, 3.05) is 18.8 Å². The predicted octanol–water partition coefficient (Wildman–Crippen LogP) is 4.03. The van der Waals surface area contributed by atoms with Crippen LogP contribution >= 0.6 is 0 Å². The minimum atomic E-state index is -3.39. The zero-order valence-electron chi connectivity index (χ0n) is 16.5. The smallest absolute Gasteiger partial charge is 0.223 e. The molecule has 1 heterocycles. The molecule has 0 spiro atoms. The maximum atomic E-state index is 12.5. The van der Waals surface area contributed by atoms with Gasteiger partial charge in [0.2, 0.25) is 5.91 Å². The van der Waals surface area contributed by atoms with Gasteiger partial charge in [-0.05, 0) is 56.2 Å². The van der Waals surface area contributed by atoms with Gasteiger partial charge in [0.25, 0.3) is 0 Å². The second-order valence-electron chi connectivity index (χ2n) is 7.73. The van der Waals surface area contributed by atoms with E-state index in [-0.39, 0.29) is 23.0 Å². The second-order valence-corrected chi connectivity index (χ2v) is 9.84. The molecule has 3 rings (SSSR count). The van der Waals surface area contributed by atoms with Crippen molar-refractivity contribution in [3.8, 4) is 0 Å². The highest BCUT2D eigenvalue weighted by Crippen LogP contribution is 2.23. The quantitative estimate of drug-likeness (QED) is 0.706. The van der Waals surface area contributed by atoms with Gasteiger partial charge in [0.15, 0.2) is 9.84 Å². The number of benzene rings is 2. The van der Waals surface area contributed by atoms with Gasteiger partial charge in [0, 0.05) is 19.5 Å². The molecule has 0 aromatic heterocycles. The lowest BCUT2D eigenvalue weighted by Crippen LogP contribution is -2.39. The Morgan fingerprint density at radius 2 is 1.64 bits per heavy atom. The fourth-order valence-corrected chi connectivity index (χ4v) is 4.97. The van der Waals surface area contributed by atoms with Gasteiger partial charge in [-0.1, -0.05) is 48.0 Å². The monoisotopic (exact) mass is 399 g/mol. The first-order chi connectivity index (χ1) is 13.4. The van der Waals surface area contributed by atoms with Crippen LogP contribution in [-0.4, -0.2) is 38.1 Å². The van der Waals surface area contributed by atoms with E-state index in [1.54, 1.807) is 30.3 Å². The Morgan fingerprint density at radius 1 is 1.00 bits per heavy atom. The Labute approximate surface area is 168 Å². The van der Waals surface area contributed by atoms with Gasteiger partial charge < -0.3 is 4.90 Å². The van der Waals surface area contributed by atoms with Crippen molar-refractivity contribution in [2.45, 2.75) is 43.9 Å². The van der Waals surface area contributed by atoms with E-state index in [0.717, 1.165) is 38.8 Å². The van der Waals surface area contributed by atoms with Crippen molar-refractivity contribution in [1.82, 2.24) is 4.90 Å². The molecule has 2 aromatic carbocycles. The molecule has 0 radical (unpaired) electrons. The van der Waals surface area contributed by atoms with E-state index in [0.29, 0.717) is 5.92 Å². The molecule has 0 atom stereocenters. The number of rotatable bonds is 7. The van der Waals surface area contributed by atoms with E-state index in [4.69, 9.17) is 0 Å². The number of likely N-dealkylation sites (tertiary alicyclic amines) is 1. The molecule has 4 nitrogen and oxygen atoms in total. The Balaban J connectivity index is 1.42. The summed E-state index contributed by atoms with van der Waals surface area (Å²) in [5, 5.41) is 0. The molecule has 5 heteroatoms. The number of piperidine rings is 1.